The number of rotatable bonds is 12. The van der Waals surface area contributed by atoms with Gasteiger partial charge in [0.05, 0.1) is 36.2 Å². The summed E-state index contributed by atoms with van der Waals surface area (Å²) in [4.78, 5) is 33.0. The van der Waals surface area contributed by atoms with Crippen molar-refractivity contribution in [2.45, 2.75) is 119 Å². The predicted octanol–water partition coefficient (Wildman–Crippen LogP) is 5.50. The summed E-state index contributed by atoms with van der Waals surface area (Å²) in [5.74, 6) is -1.63. The van der Waals surface area contributed by atoms with Crippen LogP contribution in [-0.4, -0.2) is 53.6 Å². The van der Waals surface area contributed by atoms with E-state index in [0.29, 0.717) is 17.2 Å². The average Bonchev–Trinajstić information content (AvgIpc) is 2.96. The molecular weight excluding hydrogens is 639 g/mol. The molecule has 3 rings (SSSR count). The van der Waals surface area contributed by atoms with Crippen molar-refractivity contribution in [3.63, 3.8) is 0 Å². The number of carbonyl (C=O) groups is 3. The first-order valence-electron chi connectivity index (χ1n) is 16.3. The summed E-state index contributed by atoms with van der Waals surface area (Å²) in [6, 6.07) is 15.3. The zero-order valence-electron chi connectivity index (χ0n) is 30.9. The second-order valence-corrected chi connectivity index (χ2v) is 13.0. The van der Waals surface area contributed by atoms with Crippen molar-refractivity contribution in [3.8, 4) is 17.2 Å². The topological polar surface area (TPSA) is 148 Å². The summed E-state index contributed by atoms with van der Waals surface area (Å²) < 4.78 is 16.7. The van der Waals surface area contributed by atoms with E-state index in [1.54, 1.807) is 18.2 Å². The smallest absolute Gasteiger partial charge is 0.545 e. The first-order chi connectivity index (χ1) is 22.3. The van der Waals surface area contributed by atoms with E-state index in [2.05, 4.69) is 0 Å². The van der Waals surface area contributed by atoms with Gasteiger partial charge in [0.25, 0.3) is 0 Å². The van der Waals surface area contributed by atoms with Crippen LogP contribution < -0.4 is 29.5 Å². The van der Waals surface area contributed by atoms with Crippen molar-refractivity contribution < 1.29 is 43.9 Å². The molecule has 0 radical (unpaired) electrons. The first-order valence-corrected chi connectivity index (χ1v) is 16.3. The van der Waals surface area contributed by atoms with Crippen molar-refractivity contribution in [1.29, 1.82) is 0 Å². The quantitative estimate of drug-likeness (QED) is 0.225. The van der Waals surface area contributed by atoms with Crippen LogP contribution in [0.5, 0.6) is 17.2 Å². The molecule has 0 fully saturated rings. The molecular formula is C39H51AlO9. The summed E-state index contributed by atoms with van der Waals surface area (Å²) in [6.45, 7) is 23.2. The molecule has 0 aliphatic rings. The Morgan fingerprint density at radius 1 is 0.429 bits per heavy atom. The first kappa shape index (κ1) is 45.0. The zero-order valence-corrected chi connectivity index (χ0v) is 32.1. The summed E-state index contributed by atoms with van der Waals surface area (Å²) in [7, 11) is 0. The normalized spacial score (nSPS) is 10.7. The molecule has 0 atom stereocenters. The van der Waals surface area contributed by atoms with Gasteiger partial charge in [-0.25, -0.2) is 0 Å². The van der Waals surface area contributed by atoms with Crippen molar-refractivity contribution >= 4 is 35.3 Å². The number of hydrogen-bond donors (Lipinski definition) is 0. The van der Waals surface area contributed by atoms with E-state index < -0.39 is 17.9 Å². The SMILES string of the molecule is CC(C)Oc1c(C(=O)[O-])cccc1C(C)C.CC(C)Oc1c(C(=O)[O-])cccc1C(C)C.CC(C)Oc1c(C(=O)[O-])cccc1C(C)C.[Al+3]. The second kappa shape index (κ2) is 21.2. The summed E-state index contributed by atoms with van der Waals surface area (Å²) >= 11 is 0. The number of ether oxygens (including phenoxy) is 3. The molecule has 3 aromatic carbocycles. The number of aromatic carboxylic acids is 3. The Morgan fingerprint density at radius 2 is 0.633 bits per heavy atom. The number of para-hydroxylation sites is 3. The Hall–Kier alpha value is -4.00. The number of hydrogen-bond acceptors (Lipinski definition) is 9. The van der Waals surface area contributed by atoms with Crippen LogP contribution in [0.25, 0.3) is 0 Å². The van der Waals surface area contributed by atoms with Crippen LogP contribution in [0.3, 0.4) is 0 Å². The Kier molecular flexibility index (Phi) is 19.4. The van der Waals surface area contributed by atoms with Crippen LogP contribution in [0.1, 0.15) is 149 Å². The van der Waals surface area contributed by atoms with Gasteiger partial charge in [-0.05, 0) is 94.2 Å². The molecule has 0 saturated carbocycles. The predicted molar refractivity (Wildman–Crippen MR) is 188 cm³/mol. The molecule has 10 heteroatoms. The summed E-state index contributed by atoms with van der Waals surface area (Å²) in [6.07, 6.45) is -0.172. The minimum atomic E-state index is -1.20. The van der Waals surface area contributed by atoms with Crippen molar-refractivity contribution in [3.05, 3.63) is 88.0 Å². The maximum absolute atomic E-state index is 11.0. The van der Waals surface area contributed by atoms with Gasteiger partial charge >= 0.3 is 17.4 Å². The number of carbonyl (C=O) groups excluding carboxylic acids is 3. The van der Waals surface area contributed by atoms with E-state index in [4.69, 9.17) is 14.2 Å². The van der Waals surface area contributed by atoms with Gasteiger partial charge in [-0.1, -0.05) is 77.9 Å². The Balaban J connectivity index is 0.000000698. The fourth-order valence-electron chi connectivity index (χ4n) is 4.61. The van der Waals surface area contributed by atoms with E-state index in [9.17, 15) is 29.7 Å². The molecule has 0 bridgehead atoms. The van der Waals surface area contributed by atoms with E-state index in [0.717, 1.165) is 16.7 Å². The summed E-state index contributed by atoms with van der Waals surface area (Å²) in [5, 5.41) is 33.0. The molecule has 3 aromatic rings. The van der Waals surface area contributed by atoms with Crippen molar-refractivity contribution in [2.24, 2.45) is 0 Å². The van der Waals surface area contributed by atoms with Crippen molar-refractivity contribution in [1.82, 2.24) is 0 Å². The van der Waals surface area contributed by atoms with Crippen LogP contribution in [0.4, 0.5) is 0 Å². The molecule has 264 valence electrons. The third kappa shape index (κ3) is 14.2. The molecule has 0 spiro atoms. The molecule has 0 aliphatic heterocycles. The number of carboxylic acid groups (broad SMARTS) is 3. The van der Waals surface area contributed by atoms with Gasteiger partial charge in [-0.15, -0.1) is 0 Å². The third-order valence-corrected chi connectivity index (χ3v) is 6.72. The zero-order chi connectivity index (χ0) is 36.9. The molecule has 0 unspecified atom stereocenters. The van der Waals surface area contributed by atoms with Crippen LogP contribution in [-0.2, 0) is 0 Å². The Morgan fingerprint density at radius 3 is 0.776 bits per heavy atom. The van der Waals surface area contributed by atoms with Gasteiger partial charge < -0.3 is 43.9 Å². The maximum Gasteiger partial charge on any atom is 3.00 e. The van der Waals surface area contributed by atoms with Gasteiger partial charge in [0, 0.05) is 16.7 Å². The molecule has 9 nitrogen and oxygen atoms in total. The molecule has 0 saturated heterocycles. The number of carboxylic acids is 3. The van der Waals surface area contributed by atoms with Gasteiger partial charge in [0.15, 0.2) is 0 Å². The Labute approximate surface area is 302 Å². The average molecular weight is 691 g/mol. The molecule has 0 N–H and O–H groups in total. The van der Waals surface area contributed by atoms with E-state index in [-0.39, 0.29) is 70.1 Å². The second-order valence-electron chi connectivity index (χ2n) is 13.0. The molecule has 0 amide bonds. The minimum Gasteiger partial charge on any atom is -0.545 e. The molecule has 0 heterocycles. The van der Waals surface area contributed by atoms with E-state index in [1.165, 1.54) is 18.2 Å². The number of benzene rings is 3. The monoisotopic (exact) mass is 690 g/mol. The van der Waals surface area contributed by atoms with Crippen molar-refractivity contribution in [2.75, 3.05) is 0 Å². The molecule has 0 aromatic heterocycles. The van der Waals surface area contributed by atoms with Crippen LogP contribution in [0.2, 0.25) is 0 Å². The van der Waals surface area contributed by atoms with Crippen LogP contribution in [0, 0.1) is 0 Å². The van der Waals surface area contributed by atoms with E-state index >= 15 is 0 Å². The van der Waals surface area contributed by atoms with Gasteiger partial charge in [0.1, 0.15) is 17.2 Å². The van der Waals surface area contributed by atoms with Gasteiger partial charge in [-0.3, -0.25) is 0 Å². The standard InChI is InChI=1S/3C13H18O3.Al/c3*1-8(2)10-6-5-7-11(13(14)15)12(10)16-9(3)4;/h3*5-9H,1-4H3,(H,14,15);/q;;;+3/p-3. The Bertz CT molecular complexity index is 1330. The fraction of sp³-hybridized carbons (Fsp3) is 0.462. The molecule has 49 heavy (non-hydrogen) atoms. The van der Waals surface area contributed by atoms with Gasteiger partial charge in [-0.2, -0.15) is 0 Å². The summed E-state index contributed by atoms with van der Waals surface area (Å²) in [5.41, 5.74) is 3.07. The van der Waals surface area contributed by atoms with Crippen LogP contribution >= 0.6 is 0 Å². The largest absolute Gasteiger partial charge is 3.00 e. The molecule has 0 aliphatic carbocycles. The van der Waals surface area contributed by atoms with Crippen LogP contribution in [0.15, 0.2) is 54.6 Å². The van der Waals surface area contributed by atoms with Gasteiger partial charge in [0.2, 0.25) is 0 Å². The maximum atomic E-state index is 11.0. The fourth-order valence-corrected chi connectivity index (χ4v) is 4.61. The van der Waals surface area contributed by atoms with E-state index in [1.807, 2.05) is 101 Å². The third-order valence-electron chi connectivity index (χ3n) is 6.72. The minimum absolute atomic E-state index is 0.